The van der Waals surface area contributed by atoms with Crippen molar-refractivity contribution in [3.8, 4) is 5.75 Å². The summed E-state index contributed by atoms with van der Waals surface area (Å²) in [5.41, 5.74) is -2.29. The number of rotatable bonds is 3. The van der Waals surface area contributed by atoms with E-state index in [4.69, 9.17) is 11.6 Å². The summed E-state index contributed by atoms with van der Waals surface area (Å²) in [6.07, 6.45) is -4.72. The fraction of sp³-hybridized carbons (Fsp3) is 0.0714. The maximum atomic E-state index is 12.8. The summed E-state index contributed by atoms with van der Waals surface area (Å²) in [4.78, 5) is 22.0. The van der Waals surface area contributed by atoms with Crippen molar-refractivity contribution in [2.24, 2.45) is 0 Å². The summed E-state index contributed by atoms with van der Waals surface area (Å²) in [7, 11) is 0. The second-order valence-corrected chi connectivity index (χ2v) is 5.01. The van der Waals surface area contributed by atoms with Gasteiger partial charge in [-0.05, 0) is 24.3 Å². The number of alkyl halides is 3. The first-order valence-corrected chi connectivity index (χ1v) is 6.63. The molecule has 0 bridgehead atoms. The molecule has 10 heteroatoms. The van der Waals surface area contributed by atoms with Crippen LogP contribution in [0, 0.1) is 10.1 Å². The Morgan fingerprint density at radius 3 is 2.46 bits per heavy atom. The normalized spacial score (nSPS) is 11.2. The number of benzene rings is 2. The number of carbonyl (C=O) groups is 1. The minimum absolute atomic E-state index is 0.234. The first kappa shape index (κ1) is 17.5. The lowest BCUT2D eigenvalue weighted by Gasteiger charge is -2.12. The Labute approximate surface area is 137 Å². The maximum Gasteiger partial charge on any atom is 0.417 e. The van der Waals surface area contributed by atoms with E-state index in [1.807, 2.05) is 0 Å². The van der Waals surface area contributed by atoms with E-state index in [2.05, 4.69) is 5.32 Å². The fourth-order valence-corrected chi connectivity index (χ4v) is 2.06. The van der Waals surface area contributed by atoms with Crippen molar-refractivity contribution >= 4 is 28.9 Å². The molecule has 0 spiro atoms. The van der Waals surface area contributed by atoms with Gasteiger partial charge in [0.15, 0.2) is 0 Å². The molecule has 126 valence electrons. The van der Waals surface area contributed by atoms with Crippen LogP contribution in [0.4, 0.5) is 24.5 Å². The Kier molecular flexibility index (Phi) is 4.65. The molecule has 0 fully saturated rings. The highest BCUT2D eigenvalue weighted by atomic mass is 35.5. The molecule has 0 aliphatic carbocycles. The van der Waals surface area contributed by atoms with Crippen LogP contribution >= 0.6 is 11.6 Å². The van der Waals surface area contributed by atoms with Crippen molar-refractivity contribution in [2.75, 3.05) is 5.32 Å². The van der Waals surface area contributed by atoms with Gasteiger partial charge in [0.25, 0.3) is 11.6 Å². The van der Waals surface area contributed by atoms with Crippen LogP contribution in [0.3, 0.4) is 0 Å². The minimum Gasteiger partial charge on any atom is -0.507 e. The standard InChI is InChI=1S/C14H8ClF3N2O4/c15-11-3-1-7(5-10(11)14(16,17)18)19-13(22)9-6-8(20(23)24)2-4-12(9)21/h1-6,21H,(H,19,22). The van der Waals surface area contributed by atoms with Gasteiger partial charge in [0.1, 0.15) is 5.75 Å². The smallest absolute Gasteiger partial charge is 0.417 e. The zero-order valence-electron chi connectivity index (χ0n) is 11.6. The molecular formula is C14H8ClF3N2O4. The number of nitro groups is 1. The molecule has 2 aromatic rings. The van der Waals surface area contributed by atoms with Crippen molar-refractivity contribution in [3.05, 3.63) is 62.7 Å². The topological polar surface area (TPSA) is 92.5 Å². The molecule has 0 atom stereocenters. The summed E-state index contributed by atoms with van der Waals surface area (Å²) in [6, 6.07) is 5.43. The molecular weight excluding hydrogens is 353 g/mol. The average molecular weight is 361 g/mol. The molecule has 0 radical (unpaired) electrons. The van der Waals surface area contributed by atoms with E-state index in [9.17, 15) is 33.2 Å². The Morgan fingerprint density at radius 2 is 1.88 bits per heavy atom. The highest BCUT2D eigenvalue weighted by Gasteiger charge is 2.33. The minimum atomic E-state index is -4.72. The van der Waals surface area contributed by atoms with Crippen molar-refractivity contribution in [3.63, 3.8) is 0 Å². The van der Waals surface area contributed by atoms with Crippen LogP contribution in [0.15, 0.2) is 36.4 Å². The number of phenols is 1. The number of phenolic OH excluding ortho intramolecular Hbond substituents is 1. The molecule has 0 aliphatic heterocycles. The molecule has 2 rings (SSSR count). The van der Waals surface area contributed by atoms with E-state index in [1.165, 1.54) is 0 Å². The number of anilines is 1. The third-order valence-electron chi connectivity index (χ3n) is 2.97. The van der Waals surface area contributed by atoms with Crippen LogP contribution in [-0.2, 0) is 6.18 Å². The zero-order chi connectivity index (χ0) is 18.1. The van der Waals surface area contributed by atoms with Gasteiger partial charge in [0.2, 0.25) is 0 Å². The number of non-ortho nitro benzene ring substituents is 1. The quantitative estimate of drug-likeness (QED) is 0.633. The first-order valence-electron chi connectivity index (χ1n) is 6.25. The zero-order valence-corrected chi connectivity index (χ0v) is 12.4. The van der Waals surface area contributed by atoms with E-state index in [-0.39, 0.29) is 5.69 Å². The predicted octanol–water partition coefficient (Wildman–Crippen LogP) is 4.22. The molecule has 0 saturated heterocycles. The van der Waals surface area contributed by atoms with Crippen LogP contribution in [0.25, 0.3) is 0 Å². The average Bonchev–Trinajstić information content (AvgIpc) is 2.48. The van der Waals surface area contributed by atoms with Crippen LogP contribution in [-0.4, -0.2) is 15.9 Å². The summed E-state index contributed by atoms with van der Waals surface area (Å²) < 4.78 is 38.3. The predicted molar refractivity (Wildman–Crippen MR) is 79.2 cm³/mol. The largest absolute Gasteiger partial charge is 0.507 e. The summed E-state index contributed by atoms with van der Waals surface area (Å²) in [5, 5.41) is 21.9. The van der Waals surface area contributed by atoms with Crippen LogP contribution in [0.5, 0.6) is 5.75 Å². The SMILES string of the molecule is O=C(Nc1ccc(Cl)c(C(F)(F)F)c1)c1cc([N+](=O)[O-])ccc1O. The van der Waals surface area contributed by atoms with Crippen molar-refractivity contribution in [1.29, 1.82) is 0 Å². The molecule has 0 aromatic heterocycles. The number of hydrogen-bond donors (Lipinski definition) is 2. The van der Waals surface area contributed by atoms with Gasteiger partial charge >= 0.3 is 6.18 Å². The van der Waals surface area contributed by atoms with Crippen LogP contribution in [0.1, 0.15) is 15.9 Å². The van der Waals surface area contributed by atoms with Gasteiger partial charge < -0.3 is 10.4 Å². The Balaban J connectivity index is 2.34. The Morgan fingerprint density at radius 1 is 1.21 bits per heavy atom. The van der Waals surface area contributed by atoms with Gasteiger partial charge in [0, 0.05) is 17.8 Å². The fourth-order valence-electron chi connectivity index (χ4n) is 1.84. The first-order chi connectivity index (χ1) is 11.1. The molecule has 6 nitrogen and oxygen atoms in total. The van der Waals surface area contributed by atoms with Crippen molar-refractivity contribution in [1.82, 2.24) is 0 Å². The van der Waals surface area contributed by atoms with E-state index in [1.54, 1.807) is 0 Å². The number of carbonyl (C=O) groups excluding carboxylic acids is 1. The van der Waals surface area contributed by atoms with E-state index >= 15 is 0 Å². The highest BCUT2D eigenvalue weighted by Crippen LogP contribution is 2.36. The van der Waals surface area contributed by atoms with E-state index in [0.717, 1.165) is 30.3 Å². The van der Waals surface area contributed by atoms with Gasteiger partial charge in [-0.3, -0.25) is 14.9 Å². The van der Waals surface area contributed by atoms with Gasteiger partial charge in [-0.15, -0.1) is 0 Å². The third-order valence-corrected chi connectivity index (χ3v) is 3.29. The van der Waals surface area contributed by atoms with Gasteiger partial charge in [-0.25, -0.2) is 0 Å². The van der Waals surface area contributed by atoms with Crippen LogP contribution < -0.4 is 5.32 Å². The number of nitro benzene ring substituents is 1. The molecule has 0 unspecified atom stereocenters. The molecule has 24 heavy (non-hydrogen) atoms. The lowest BCUT2D eigenvalue weighted by Crippen LogP contribution is -2.14. The Bertz CT molecular complexity index is 824. The number of nitrogens with zero attached hydrogens (tertiary/aromatic N) is 1. The lowest BCUT2D eigenvalue weighted by molar-refractivity contribution is -0.384. The van der Waals surface area contributed by atoms with E-state index < -0.39 is 44.6 Å². The number of aromatic hydroxyl groups is 1. The number of hydrogen-bond acceptors (Lipinski definition) is 4. The monoisotopic (exact) mass is 360 g/mol. The van der Waals surface area contributed by atoms with Crippen molar-refractivity contribution < 1.29 is 28.0 Å². The van der Waals surface area contributed by atoms with E-state index in [0.29, 0.717) is 6.07 Å². The van der Waals surface area contributed by atoms with Gasteiger partial charge in [-0.2, -0.15) is 13.2 Å². The molecule has 1 amide bonds. The third kappa shape index (κ3) is 3.74. The second-order valence-electron chi connectivity index (χ2n) is 4.61. The Hall–Kier alpha value is -2.81. The molecule has 0 heterocycles. The number of amides is 1. The summed E-state index contributed by atoms with van der Waals surface area (Å²) in [5.74, 6) is -1.56. The van der Waals surface area contributed by atoms with Crippen molar-refractivity contribution in [2.45, 2.75) is 6.18 Å². The molecule has 0 saturated carbocycles. The highest BCUT2D eigenvalue weighted by molar-refractivity contribution is 6.31. The van der Waals surface area contributed by atoms with Gasteiger partial charge in [0.05, 0.1) is 21.1 Å². The molecule has 2 N–H and O–H groups in total. The number of halogens is 4. The summed E-state index contributed by atoms with van der Waals surface area (Å²) >= 11 is 5.47. The summed E-state index contributed by atoms with van der Waals surface area (Å²) in [6.45, 7) is 0. The molecule has 0 aliphatic rings. The molecule has 2 aromatic carbocycles. The lowest BCUT2D eigenvalue weighted by atomic mass is 10.1. The van der Waals surface area contributed by atoms with Crippen LogP contribution in [0.2, 0.25) is 5.02 Å². The van der Waals surface area contributed by atoms with Gasteiger partial charge in [-0.1, -0.05) is 11.6 Å². The number of nitrogens with one attached hydrogen (secondary N) is 1. The second kappa shape index (κ2) is 6.36. The maximum absolute atomic E-state index is 12.8.